The van der Waals surface area contributed by atoms with E-state index >= 15 is 0 Å². The van der Waals surface area contributed by atoms with Crippen LogP contribution in [0.2, 0.25) is 5.02 Å². The number of anilines is 1. The van der Waals surface area contributed by atoms with E-state index in [0.717, 1.165) is 17.0 Å². The number of halogens is 5. The fourth-order valence-electron chi connectivity index (χ4n) is 4.21. The molecule has 3 rings (SSSR count). The Labute approximate surface area is 247 Å². The summed E-state index contributed by atoms with van der Waals surface area (Å²) in [6.07, 6.45) is -4.14. The minimum absolute atomic E-state index is 0.146. The number of benzene rings is 3. The SMILES string of the molecule is CCCNC(=O)[C@H](CC)N(Cc1ccc(F)cc1)C(=O)CN(c1ccc(Cl)c(C(F)(F)F)c1)S(=O)(=O)c1ccccc1. The molecule has 3 aromatic carbocycles. The van der Waals surface area contributed by atoms with Crippen LogP contribution >= 0.6 is 11.6 Å². The molecule has 0 aliphatic rings. The molecule has 0 aliphatic heterocycles. The lowest BCUT2D eigenvalue weighted by molar-refractivity contribution is -0.140. The molecule has 2 amide bonds. The highest BCUT2D eigenvalue weighted by Crippen LogP contribution is 2.38. The zero-order chi connectivity index (χ0) is 31.1. The first-order valence-electron chi connectivity index (χ1n) is 13.1. The molecule has 226 valence electrons. The van der Waals surface area contributed by atoms with Crippen molar-refractivity contribution in [1.82, 2.24) is 10.2 Å². The van der Waals surface area contributed by atoms with Crippen molar-refractivity contribution in [2.24, 2.45) is 0 Å². The first kappa shape index (κ1) is 32.9. The van der Waals surface area contributed by atoms with Gasteiger partial charge in [-0.25, -0.2) is 12.8 Å². The number of nitrogens with zero attached hydrogens (tertiary/aromatic N) is 2. The van der Waals surface area contributed by atoms with Gasteiger partial charge in [-0.1, -0.05) is 55.8 Å². The van der Waals surface area contributed by atoms with E-state index in [9.17, 15) is 35.6 Å². The van der Waals surface area contributed by atoms with Gasteiger partial charge >= 0.3 is 6.18 Å². The number of alkyl halides is 3. The monoisotopic (exact) mass is 627 g/mol. The zero-order valence-electron chi connectivity index (χ0n) is 22.9. The third kappa shape index (κ3) is 8.01. The van der Waals surface area contributed by atoms with Crippen LogP contribution in [0.1, 0.15) is 37.8 Å². The van der Waals surface area contributed by atoms with Crippen molar-refractivity contribution >= 4 is 39.1 Å². The van der Waals surface area contributed by atoms with Crippen molar-refractivity contribution in [3.8, 4) is 0 Å². The second-order valence-corrected chi connectivity index (χ2v) is 11.6. The van der Waals surface area contributed by atoms with Crippen molar-refractivity contribution in [3.63, 3.8) is 0 Å². The summed E-state index contributed by atoms with van der Waals surface area (Å²) in [5.74, 6) is -1.87. The lowest BCUT2D eigenvalue weighted by atomic mass is 10.1. The number of hydrogen-bond donors (Lipinski definition) is 1. The lowest BCUT2D eigenvalue weighted by Gasteiger charge is -2.33. The Morgan fingerprint density at radius 1 is 0.976 bits per heavy atom. The van der Waals surface area contributed by atoms with Crippen LogP contribution in [0.15, 0.2) is 77.7 Å². The maximum Gasteiger partial charge on any atom is 0.417 e. The van der Waals surface area contributed by atoms with Gasteiger partial charge in [-0.05, 0) is 60.9 Å². The predicted octanol–water partition coefficient (Wildman–Crippen LogP) is 6.03. The highest BCUT2D eigenvalue weighted by molar-refractivity contribution is 7.92. The van der Waals surface area contributed by atoms with Gasteiger partial charge in [0.2, 0.25) is 11.8 Å². The van der Waals surface area contributed by atoms with E-state index in [1.165, 1.54) is 48.5 Å². The van der Waals surface area contributed by atoms with Crippen LogP contribution in [0.5, 0.6) is 0 Å². The third-order valence-electron chi connectivity index (χ3n) is 6.35. The Bertz CT molecular complexity index is 1490. The number of carbonyl (C=O) groups is 2. The average molecular weight is 628 g/mol. The largest absolute Gasteiger partial charge is 0.417 e. The Kier molecular flexibility index (Phi) is 11.0. The smallest absolute Gasteiger partial charge is 0.354 e. The number of carbonyl (C=O) groups excluding carboxylic acids is 2. The van der Waals surface area contributed by atoms with Crippen LogP contribution < -0.4 is 9.62 Å². The molecule has 0 heterocycles. The number of hydrogen-bond acceptors (Lipinski definition) is 4. The van der Waals surface area contributed by atoms with Gasteiger partial charge in [-0.15, -0.1) is 0 Å². The van der Waals surface area contributed by atoms with Gasteiger partial charge in [0.15, 0.2) is 0 Å². The van der Waals surface area contributed by atoms with E-state index in [2.05, 4.69) is 5.32 Å². The standard InChI is InChI=1S/C29H30ClF4N3O4S/c1-3-16-35-28(39)26(4-2)36(18-20-10-12-21(31)13-11-20)27(38)19-37(42(40,41)23-8-6-5-7-9-23)22-14-15-25(30)24(17-22)29(32,33)34/h5-15,17,26H,3-4,16,18-19H2,1-2H3,(H,35,39)/t26-/m0/s1. The van der Waals surface area contributed by atoms with Crippen LogP contribution in [0.25, 0.3) is 0 Å². The van der Waals surface area contributed by atoms with Crippen LogP contribution in [0.4, 0.5) is 23.2 Å². The molecule has 1 N–H and O–H groups in total. The van der Waals surface area contributed by atoms with Crippen molar-refractivity contribution in [1.29, 1.82) is 0 Å². The molecule has 1 atom stereocenters. The van der Waals surface area contributed by atoms with Crippen molar-refractivity contribution in [2.75, 3.05) is 17.4 Å². The van der Waals surface area contributed by atoms with E-state index in [0.29, 0.717) is 28.9 Å². The Balaban J connectivity index is 2.12. The molecule has 0 saturated heterocycles. The highest BCUT2D eigenvalue weighted by Gasteiger charge is 2.37. The topological polar surface area (TPSA) is 86.8 Å². The molecular formula is C29H30ClF4N3O4S. The summed E-state index contributed by atoms with van der Waals surface area (Å²) in [6.45, 7) is 2.71. The molecule has 0 aliphatic carbocycles. The molecular weight excluding hydrogens is 598 g/mol. The molecule has 13 heteroatoms. The summed E-state index contributed by atoms with van der Waals surface area (Å²) in [7, 11) is -4.58. The maximum atomic E-state index is 13.9. The third-order valence-corrected chi connectivity index (χ3v) is 8.47. The predicted molar refractivity (Wildman–Crippen MR) is 152 cm³/mol. The van der Waals surface area contributed by atoms with Crippen LogP contribution in [0, 0.1) is 5.82 Å². The van der Waals surface area contributed by atoms with Gasteiger partial charge in [0.25, 0.3) is 10.0 Å². The molecule has 0 unspecified atom stereocenters. The normalized spacial score (nSPS) is 12.5. The van der Waals surface area contributed by atoms with E-state index in [-0.39, 0.29) is 17.9 Å². The van der Waals surface area contributed by atoms with E-state index < -0.39 is 62.7 Å². The van der Waals surface area contributed by atoms with Gasteiger partial charge in [-0.2, -0.15) is 13.2 Å². The van der Waals surface area contributed by atoms with Crippen LogP contribution in [0.3, 0.4) is 0 Å². The molecule has 0 spiro atoms. The van der Waals surface area contributed by atoms with Gasteiger partial charge in [-0.3, -0.25) is 13.9 Å². The summed E-state index contributed by atoms with van der Waals surface area (Å²) in [4.78, 5) is 27.9. The lowest BCUT2D eigenvalue weighted by Crippen LogP contribution is -2.52. The van der Waals surface area contributed by atoms with Crippen LogP contribution in [-0.2, 0) is 32.3 Å². The van der Waals surface area contributed by atoms with Gasteiger partial charge < -0.3 is 10.2 Å². The molecule has 0 saturated carbocycles. The summed E-state index contributed by atoms with van der Waals surface area (Å²) in [6, 6.07) is 13.6. The van der Waals surface area contributed by atoms with E-state index in [1.807, 2.05) is 6.92 Å². The Morgan fingerprint density at radius 2 is 1.62 bits per heavy atom. The molecule has 3 aromatic rings. The molecule has 7 nitrogen and oxygen atoms in total. The van der Waals surface area contributed by atoms with Crippen molar-refractivity contribution in [3.05, 3.63) is 94.8 Å². The quantitative estimate of drug-likeness (QED) is 0.249. The van der Waals surface area contributed by atoms with Crippen molar-refractivity contribution in [2.45, 2.75) is 50.3 Å². The summed E-state index contributed by atoms with van der Waals surface area (Å²) < 4.78 is 82.8. The molecule has 0 fully saturated rings. The molecule has 0 aromatic heterocycles. The molecule has 42 heavy (non-hydrogen) atoms. The minimum Gasteiger partial charge on any atom is -0.354 e. The first-order valence-corrected chi connectivity index (χ1v) is 14.9. The van der Waals surface area contributed by atoms with Gasteiger partial charge in [0, 0.05) is 13.1 Å². The Morgan fingerprint density at radius 3 is 2.19 bits per heavy atom. The second kappa shape index (κ2) is 14.0. The fourth-order valence-corrected chi connectivity index (χ4v) is 5.86. The molecule has 0 radical (unpaired) electrons. The molecule has 0 bridgehead atoms. The number of rotatable bonds is 12. The number of amides is 2. The summed E-state index contributed by atoms with van der Waals surface area (Å²) >= 11 is 5.78. The average Bonchev–Trinajstić information content (AvgIpc) is 2.95. The minimum atomic E-state index is -4.90. The summed E-state index contributed by atoms with van der Waals surface area (Å²) in [5, 5.41) is 2.07. The maximum absolute atomic E-state index is 13.9. The second-order valence-electron chi connectivity index (χ2n) is 9.35. The van der Waals surface area contributed by atoms with E-state index in [4.69, 9.17) is 11.6 Å². The van der Waals surface area contributed by atoms with Gasteiger partial charge in [0.1, 0.15) is 18.4 Å². The summed E-state index contributed by atoms with van der Waals surface area (Å²) in [5.41, 5.74) is -1.28. The number of nitrogens with one attached hydrogen (secondary N) is 1. The first-order chi connectivity index (χ1) is 19.8. The highest BCUT2D eigenvalue weighted by atomic mass is 35.5. The number of sulfonamides is 1. The Hall–Kier alpha value is -3.64. The zero-order valence-corrected chi connectivity index (χ0v) is 24.4. The van der Waals surface area contributed by atoms with E-state index in [1.54, 1.807) is 13.0 Å². The van der Waals surface area contributed by atoms with Crippen LogP contribution in [-0.4, -0.2) is 44.3 Å². The fraction of sp³-hybridized carbons (Fsp3) is 0.310. The van der Waals surface area contributed by atoms with Crippen molar-refractivity contribution < 1.29 is 35.6 Å². The van der Waals surface area contributed by atoms with Gasteiger partial charge in [0.05, 0.1) is 21.2 Å².